The first kappa shape index (κ1) is 17.8. The fourth-order valence-corrected chi connectivity index (χ4v) is 3.68. The van der Waals surface area contributed by atoms with E-state index in [2.05, 4.69) is 15.2 Å². The molecular weight excluding hydrogens is 322 g/mol. The van der Waals surface area contributed by atoms with Gasteiger partial charge in [0.25, 0.3) is 0 Å². The Morgan fingerprint density at radius 2 is 1.88 bits per heavy atom. The van der Waals surface area contributed by atoms with Crippen LogP contribution in [-0.4, -0.2) is 50.4 Å². The maximum atomic E-state index is 11.9. The number of amides is 2. The molecule has 0 spiro atoms. The molecule has 1 atom stereocenters. The molecule has 2 amide bonds. The van der Waals surface area contributed by atoms with Crippen molar-refractivity contribution in [3.8, 4) is 0 Å². The molecule has 2 aliphatic heterocycles. The molecule has 0 aromatic carbocycles. The molecule has 7 heteroatoms. The number of hydrogen-bond donors (Lipinski definition) is 1. The molecule has 0 aliphatic carbocycles. The summed E-state index contributed by atoms with van der Waals surface area (Å²) in [5.41, 5.74) is 1.78. The number of nitrogens with one attached hydrogen (secondary N) is 1. The van der Waals surface area contributed by atoms with Gasteiger partial charge < -0.3 is 14.4 Å². The van der Waals surface area contributed by atoms with Crippen molar-refractivity contribution in [2.24, 2.45) is 5.92 Å². The van der Waals surface area contributed by atoms with Crippen molar-refractivity contribution in [1.82, 2.24) is 10.3 Å². The molecule has 2 saturated heterocycles. The summed E-state index contributed by atoms with van der Waals surface area (Å²) in [6.45, 7) is 1.85. The predicted molar refractivity (Wildman–Crippen MR) is 92.1 cm³/mol. The highest BCUT2D eigenvalue weighted by Crippen LogP contribution is 2.28. The minimum atomic E-state index is -0.332. The fraction of sp³-hybridized carbons (Fsp3) is 0.611. The highest BCUT2D eigenvalue weighted by molar-refractivity contribution is 6.00. The Bertz CT molecular complexity index is 607. The van der Waals surface area contributed by atoms with E-state index >= 15 is 0 Å². The number of carbonyl (C=O) groups excluding carboxylic acids is 2. The van der Waals surface area contributed by atoms with Crippen LogP contribution in [-0.2, 0) is 19.1 Å². The fourth-order valence-electron chi connectivity index (χ4n) is 3.68. The van der Waals surface area contributed by atoms with Crippen LogP contribution in [0.3, 0.4) is 0 Å². The van der Waals surface area contributed by atoms with Gasteiger partial charge in [-0.3, -0.25) is 19.9 Å². The zero-order chi connectivity index (χ0) is 17.8. The van der Waals surface area contributed by atoms with Gasteiger partial charge in [-0.25, -0.2) is 0 Å². The zero-order valence-corrected chi connectivity index (χ0v) is 14.7. The predicted octanol–water partition coefficient (Wildman–Crippen LogP) is 1.44. The van der Waals surface area contributed by atoms with Crippen molar-refractivity contribution >= 4 is 17.5 Å². The summed E-state index contributed by atoms with van der Waals surface area (Å²) >= 11 is 0. The van der Waals surface area contributed by atoms with Gasteiger partial charge in [-0.05, 0) is 31.4 Å². The maximum Gasteiger partial charge on any atom is 0.235 e. The van der Waals surface area contributed by atoms with Crippen LogP contribution in [0.1, 0.15) is 37.3 Å². The number of anilines is 1. The average molecular weight is 347 g/mol. The van der Waals surface area contributed by atoms with Gasteiger partial charge in [0.1, 0.15) is 0 Å². The second-order valence-corrected chi connectivity index (χ2v) is 6.61. The number of nitrogens with zero attached hydrogens (tertiary/aromatic N) is 2. The second kappa shape index (κ2) is 7.93. The molecule has 7 nitrogen and oxygen atoms in total. The van der Waals surface area contributed by atoms with Gasteiger partial charge in [0.15, 0.2) is 6.29 Å². The molecule has 0 radical (unpaired) electrons. The standard InChI is InChI=1S/C18H25N3O4/c1-24-18(25-2)12-7-9-21(10-8-12)13-3-5-15(19-11-13)14-4-6-16(22)20-17(14)23/h3,5,11-12,14,18H,4,6-10H2,1-2H3,(H,20,22,23). The first-order valence-electron chi connectivity index (χ1n) is 8.72. The van der Waals surface area contributed by atoms with Crippen LogP contribution in [0, 0.1) is 5.92 Å². The van der Waals surface area contributed by atoms with Gasteiger partial charge in [-0.2, -0.15) is 0 Å². The topological polar surface area (TPSA) is 80.8 Å². The number of aromatic nitrogens is 1. The normalized spacial score (nSPS) is 22.4. The van der Waals surface area contributed by atoms with E-state index in [1.807, 2.05) is 18.3 Å². The number of carbonyl (C=O) groups is 2. The first-order valence-corrected chi connectivity index (χ1v) is 8.72. The van der Waals surface area contributed by atoms with Crippen molar-refractivity contribution in [2.45, 2.75) is 37.9 Å². The lowest BCUT2D eigenvalue weighted by atomic mass is 9.94. The van der Waals surface area contributed by atoms with E-state index < -0.39 is 0 Å². The molecule has 0 saturated carbocycles. The van der Waals surface area contributed by atoms with Gasteiger partial charge in [-0.15, -0.1) is 0 Å². The van der Waals surface area contributed by atoms with Gasteiger partial charge in [0.05, 0.1) is 23.5 Å². The Kier molecular flexibility index (Phi) is 5.65. The summed E-state index contributed by atoms with van der Waals surface area (Å²) in [7, 11) is 3.36. The van der Waals surface area contributed by atoms with Crippen molar-refractivity contribution in [1.29, 1.82) is 0 Å². The molecule has 1 unspecified atom stereocenters. The Hall–Kier alpha value is -1.99. The van der Waals surface area contributed by atoms with E-state index in [4.69, 9.17) is 9.47 Å². The lowest BCUT2D eigenvalue weighted by molar-refractivity contribution is -0.141. The number of pyridine rings is 1. The summed E-state index contributed by atoms with van der Waals surface area (Å²) in [4.78, 5) is 30.0. The molecule has 2 aliphatic rings. The van der Waals surface area contributed by atoms with E-state index in [0.29, 0.717) is 18.8 Å². The number of hydrogen-bond acceptors (Lipinski definition) is 6. The highest BCUT2D eigenvalue weighted by Gasteiger charge is 2.30. The molecule has 25 heavy (non-hydrogen) atoms. The first-order chi connectivity index (χ1) is 12.1. The summed E-state index contributed by atoms with van der Waals surface area (Å²) in [6.07, 6.45) is 4.58. The van der Waals surface area contributed by atoms with Crippen LogP contribution in [0.15, 0.2) is 18.3 Å². The van der Waals surface area contributed by atoms with Crippen molar-refractivity contribution in [2.75, 3.05) is 32.2 Å². The third-order valence-corrected chi connectivity index (χ3v) is 5.12. The zero-order valence-electron chi connectivity index (χ0n) is 14.7. The van der Waals surface area contributed by atoms with Crippen molar-refractivity contribution in [3.05, 3.63) is 24.0 Å². The highest BCUT2D eigenvalue weighted by atomic mass is 16.7. The molecule has 3 rings (SSSR count). The maximum absolute atomic E-state index is 11.9. The molecule has 1 N–H and O–H groups in total. The Balaban J connectivity index is 1.60. The van der Waals surface area contributed by atoms with Crippen LogP contribution in [0.25, 0.3) is 0 Å². The lowest BCUT2D eigenvalue weighted by Gasteiger charge is -2.36. The third-order valence-electron chi connectivity index (χ3n) is 5.12. The van der Waals surface area contributed by atoms with Crippen LogP contribution in [0.5, 0.6) is 0 Å². The summed E-state index contributed by atoms with van der Waals surface area (Å²) in [6, 6.07) is 3.91. The second-order valence-electron chi connectivity index (χ2n) is 6.61. The summed E-state index contributed by atoms with van der Waals surface area (Å²) < 4.78 is 10.7. The van der Waals surface area contributed by atoms with E-state index in [9.17, 15) is 9.59 Å². The van der Waals surface area contributed by atoms with Gasteiger partial charge in [-0.1, -0.05) is 0 Å². The molecule has 136 valence electrons. The molecule has 1 aromatic heterocycles. The van der Waals surface area contributed by atoms with Crippen LogP contribution >= 0.6 is 0 Å². The summed E-state index contributed by atoms with van der Waals surface area (Å²) in [5, 5.41) is 2.38. The SMILES string of the molecule is COC(OC)C1CCN(c2ccc(C3CCC(=O)NC3=O)nc2)CC1. The number of piperidine rings is 2. The third kappa shape index (κ3) is 3.99. The van der Waals surface area contributed by atoms with Crippen molar-refractivity contribution < 1.29 is 19.1 Å². The van der Waals surface area contributed by atoms with Gasteiger partial charge in [0.2, 0.25) is 11.8 Å². The Morgan fingerprint density at radius 3 is 2.44 bits per heavy atom. The minimum absolute atomic E-state index is 0.143. The molecule has 1 aromatic rings. The van der Waals surface area contributed by atoms with E-state index in [1.54, 1.807) is 14.2 Å². The Labute approximate surface area is 147 Å². The quantitative estimate of drug-likeness (QED) is 0.641. The average Bonchev–Trinajstić information content (AvgIpc) is 2.64. The van der Waals surface area contributed by atoms with Gasteiger partial charge in [0, 0.05) is 39.6 Å². The number of rotatable bonds is 5. The largest absolute Gasteiger partial charge is 0.370 e. The van der Waals surface area contributed by atoms with Crippen LogP contribution in [0.4, 0.5) is 5.69 Å². The summed E-state index contributed by atoms with van der Waals surface area (Å²) in [5.74, 6) is -0.378. The van der Waals surface area contributed by atoms with Crippen molar-refractivity contribution in [3.63, 3.8) is 0 Å². The lowest BCUT2D eigenvalue weighted by Crippen LogP contribution is -2.40. The number of methoxy groups -OCH3 is 2. The molecular formula is C18H25N3O4. The molecule has 0 bridgehead atoms. The number of imide groups is 1. The van der Waals surface area contributed by atoms with Crippen LogP contribution < -0.4 is 10.2 Å². The monoisotopic (exact) mass is 347 g/mol. The van der Waals surface area contributed by atoms with Gasteiger partial charge >= 0.3 is 0 Å². The van der Waals surface area contributed by atoms with E-state index in [-0.39, 0.29) is 24.0 Å². The molecule has 3 heterocycles. The minimum Gasteiger partial charge on any atom is -0.370 e. The van der Waals surface area contributed by atoms with Crippen LogP contribution in [0.2, 0.25) is 0 Å². The number of ether oxygens (including phenoxy) is 2. The van der Waals surface area contributed by atoms with E-state index in [1.165, 1.54) is 0 Å². The van der Waals surface area contributed by atoms with E-state index in [0.717, 1.165) is 37.3 Å². The Morgan fingerprint density at radius 1 is 1.16 bits per heavy atom. The smallest absolute Gasteiger partial charge is 0.235 e. The molecule has 2 fully saturated rings.